The molecule has 19 heavy (non-hydrogen) atoms. The number of amides is 1. The van der Waals surface area contributed by atoms with Crippen LogP contribution in [0, 0.1) is 5.41 Å². The number of carbonyl (C=O) groups is 1. The highest BCUT2D eigenvalue weighted by molar-refractivity contribution is 7.80. The molecule has 0 aliphatic rings. The Labute approximate surface area is 119 Å². The maximum atomic E-state index is 12.3. The molecule has 0 spiro atoms. The third kappa shape index (κ3) is 3.32. The highest BCUT2D eigenvalue weighted by atomic mass is 32.1. The minimum Gasteiger partial charge on any atom is -0.392 e. The van der Waals surface area contributed by atoms with E-state index in [-0.39, 0.29) is 10.9 Å². The minimum absolute atomic E-state index is 0.0841. The molecule has 6 heteroatoms. The van der Waals surface area contributed by atoms with Gasteiger partial charge in [-0.1, -0.05) is 26.1 Å². The van der Waals surface area contributed by atoms with E-state index >= 15 is 0 Å². The predicted molar refractivity (Wildman–Crippen MR) is 79.7 cm³/mol. The number of hydrogen-bond acceptors (Lipinski definition) is 3. The number of carbonyl (C=O) groups excluding carboxylic acids is 1. The second-order valence-electron chi connectivity index (χ2n) is 4.61. The molecule has 5 nitrogen and oxygen atoms in total. The van der Waals surface area contributed by atoms with E-state index in [1.54, 1.807) is 6.20 Å². The molecule has 3 N–H and O–H groups in total. The van der Waals surface area contributed by atoms with Gasteiger partial charge in [-0.05, 0) is 12.8 Å². The van der Waals surface area contributed by atoms with Crippen LogP contribution in [0.15, 0.2) is 12.4 Å². The molecule has 1 rings (SSSR count). The Kier molecular flexibility index (Phi) is 5.47. The summed E-state index contributed by atoms with van der Waals surface area (Å²) >= 11 is 5.06. The van der Waals surface area contributed by atoms with Gasteiger partial charge in [-0.2, -0.15) is 0 Å². The Morgan fingerprint density at radius 1 is 1.53 bits per heavy atom. The monoisotopic (exact) mass is 282 g/mol. The van der Waals surface area contributed by atoms with E-state index in [9.17, 15) is 4.79 Å². The first-order chi connectivity index (χ1) is 8.97. The first kappa shape index (κ1) is 15.6. The van der Waals surface area contributed by atoms with E-state index in [1.807, 2.05) is 31.7 Å². The standard InChI is InChI=1S/C13H22N4OS/c1-4-13(5-2,11(14)19)12(18)16-7-6-10-15-8-9-17(10)3/h8-9H,4-7H2,1-3H3,(H2,14,19)(H,16,18). The van der Waals surface area contributed by atoms with Crippen molar-refractivity contribution in [2.24, 2.45) is 18.2 Å². The fraction of sp³-hybridized carbons (Fsp3) is 0.615. The van der Waals surface area contributed by atoms with Gasteiger partial charge < -0.3 is 15.6 Å². The van der Waals surface area contributed by atoms with Crippen LogP contribution < -0.4 is 11.1 Å². The lowest BCUT2D eigenvalue weighted by Crippen LogP contribution is -2.48. The van der Waals surface area contributed by atoms with Gasteiger partial charge in [-0.25, -0.2) is 4.98 Å². The van der Waals surface area contributed by atoms with E-state index in [0.29, 0.717) is 25.8 Å². The Hall–Kier alpha value is -1.43. The number of aryl methyl sites for hydroxylation is 1. The second-order valence-corrected chi connectivity index (χ2v) is 5.05. The van der Waals surface area contributed by atoms with Gasteiger partial charge in [0.2, 0.25) is 5.91 Å². The van der Waals surface area contributed by atoms with Crippen molar-refractivity contribution in [1.82, 2.24) is 14.9 Å². The average molecular weight is 282 g/mol. The van der Waals surface area contributed by atoms with Crippen LogP contribution in [-0.4, -0.2) is 27.0 Å². The Bertz CT molecular complexity index is 451. The van der Waals surface area contributed by atoms with Gasteiger partial charge in [-0.3, -0.25) is 4.79 Å². The van der Waals surface area contributed by atoms with E-state index in [4.69, 9.17) is 18.0 Å². The summed E-state index contributed by atoms with van der Waals surface area (Å²) in [5.41, 5.74) is 5.01. The van der Waals surface area contributed by atoms with E-state index in [0.717, 1.165) is 5.82 Å². The summed E-state index contributed by atoms with van der Waals surface area (Å²) < 4.78 is 1.94. The molecule has 0 bridgehead atoms. The Morgan fingerprint density at radius 2 is 2.16 bits per heavy atom. The fourth-order valence-electron chi connectivity index (χ4n) is 2.13. The Balaban J connectivity index is 2.59. The SMILES string of the molecule is CCC(CC)(C(=O)NCCc1nccn1C)C(N)=S. The topological polar surface area (TPSA) is 72.9 Å². The van der Waals surface area contributed by atoms with Gasteiger partial charge in [0.15, 0.2) is 0 Å². The van der Waals surface area contributed by atoms with Crippen molar-refractivity contribution in [3.63, 3.8) is 0 Å². The molecule has 1 amide bonds. The van der Waals surface area contributed by atoms with Gasteiger partial charge >= 0.3 is 0 Å². The maximum absolute atomic E-state index is 12.3. The molecule has 0 aliphatic heterocycles. The molecule has 0 aliphatic carbocycles. The van der Waals surface area contributed by atoms with Crippen LogP contribution in [-0.2, 0) is 18.3 Å². The lowest BCUT2D eigenvalue weighted by atomic mass is 9.81. The fourth-order valence-corrected chi connectivity index (χ4v) is 2.51. The smallest absolute Gasteiger partial charge is 0.233 e. The number of aromatic nitrogens is 2. The lowest BCUT2D eigenvalue weighted by Gasteiger charge is -2.28. The number of thiocarbonyl (C=S) groups is 1. The molecule has 1 aromatic heterocycles. The predicted octanol–water partition coefficient (Wildman–Crippen LogP) is 1.17. The van der Waals surface area contributed by atoms with Gasteiger partial charge in [0.25, 0.3) is 0 Å². The zero-order valence-corrected chi connectivity index (χ0v) is 12.6. The number of hydrogen-bond donors (Lipinski definition) is 2. The summed E-state index contributed by atoms with van der Waals surface area (Å²) in [6.45, 7) is 4.40. The summed E-state index contributed by atoms with van der Waals surface area (Å²) in [5.74, 6) is 0.855. The van der Waals surface area contributed by atoms with E-state index in [1.165, 1.54) is 0 Å². The Morgan fingerprint density at radius 3 is 2.58 bits per heavy atom. The van der Waals surface area contributed by atoms with Crippen LogP contribution in [0.3, 0.4) is 0 Å². The second kappa shape index (κ2) is 6.65. The van der Waals surface area contributed by atoms with Crippen molar-refractivity contribution in [1.29, 1.82) is 0 Å². The number of rotatable bonds is 7. The number of imidazole rings is 1. The summed E-state index contributed by atoms with van der Waals surface area (Å²) in [5, 5.41) is 2.91. The molecule has 0 fully saturated rings. The van der Waals surface area contributed by atoms with Gasteiger partial charge in [-0.15, -0.1) is 0 Å². The molecule has 0 aromatic carbocycles. The van der Waals surface area contributed by atoms with Crippen molar-refractivity contribution < 1.29 is 4.79 Å². The van der Waals surface area contributed by atoms with Gasteiger partial charge in [0.1, 0.15) is 5.82 Å². The van der Waals surface area contributed by atoms with Crippen LogP contribution in [0.4, 0.5) is 0 Å². The molecule has 1 heterocycles. The van der Waals surface area contributed by atoms with Crippen molar-refractivity contribution in [2.45, 2.75) is 33.1 Å². The maximum Gasteiger partial charge on any atom is 0.233 e. The molecule has 0 saturated heterocycles. The number of nitrogens with two attached hydrogens (primary N) is 1. The molecule has 0 atom stereocenters. The van der Waals surface area contributed by atoms with Gasteiger partial charge in [0.05, 0.1) is 10.4 Å². The highest BCUT2D eigenvalue weighted by Crippen LogP contribution is 2.27. The van der Waals surface area contributed by atoms with E-state index in [2.05, 4.69) is 10.3 Å². The van der Waals surface area contributed by atoms with Crippen LogP contribution in [0.1, 0.15) is 32.5 Å². The largest absolute Gasteiger partial charge is 0.392 e. The number of nitrogens with one attached hydrogen (secondary N) is 1. The molecule has 0 unspecified atom stereocenters. The van der Waals surface area contributed by atoms with Crippen molar-refractivity contribution in [3.8, 4) is 0 Å². The molecule has 1 aromatic rings. The molecule has 106 valence electrons. The quantitative estimate of drug-likeness (QED) is 0.736. The highest BCUT2D eigenvalue weighted by Gasteiger charge is 2.37. The third-order valence-electron chi connectivity index (χ3n) is 3.67. The molecular formula is C13H22N4OS. The first-order valence-electron chi connectivity index (χ1n) is 6.52. The normalized spacial score (nSPS) is 11.3. The molecule has 0 radical (unpaired) electrons. The van der Waals surface area contributed by atoms with Crippen molar-refractivity contribution in [3.05, 3.63) is 18.2 Å². The molecular weight excluding hydrogens is 260 g/mol. The first-order valence-corrected chi connectivity index (χ1v) is 6.93. The summed E-state index contributed by atoms with van der Waals surface area (Å²) in [7, 11) is 1.93. The summed E-state index contributed by atoms with van der Waals surface area (Å²) in [4.78, 5) is 16.8. The van der Waals surface area contributed by atoms with Crippen LogP contribution >= 0.6 is 12.2 Å². The van der Waals surface area contributed by atoms with Crippen LogP contribution in [0.2, 0.25) is 0 Å². The lowest BCUT2D eigenvalue weighted by molar-refractivity contribution is -0.127. The third-order valence-corrected chi connectivity index (χ3v) is 4.06. The summed E-state index contributed by atoms with van der Waals surface area (Å²) in [6.07, 6.45) is 5.55. The molecule has 0 saturated carbocycles. The summed E-state index contributed by atoms with van der Waals surface area (Å²) in [6, 6.07) is 0. The number of nitrogens with zero attached hydrogens (tertiary/aromatic N) is 2. The van der Waals surface area contributed by atoms with Crippen molar-refractivity contribution >= 4 is 23.1 Å². The van der Waals surface area contributed by atoms with Crippen molar-refractivity contribution in [2.75, 3.05) is 6.54 Å². The minimum atomic E-state index is -0.725. The zero-order chi connectivity index (χ0) is 14.5. The average Bonchev–Trinajstić information content (AvgIpc) is 2.77. The van der Waals surface area contributed by atoms with Crippen LogP contribution in [0.25, 0.3) is 0 Å². The zero-order valence-electron chi connectivity index (χ0n) is 11.8. The van der Waals surface area contributed by atoms with E-state index < -0.39 is 5.41 Å². The van der Waals surface area contributed by atoms with Crippen LogP contribution in [0.5, 0.6) is 0 Å². The van der Waals surface area contributed by atoms with Gasteiger partial charge in [0, 0.05) is 32.4 Å².